The molecule has 0 aliphatic heterocycles. The van der Waals surface area contributed by atoms with Gasteiger partial charge in [0.2, 0.25) is 0 Å². The van der Waals surface area contributed by atoms with Crippen LogP contribution in [0.15, 0.2) is 54.6 Å². The molecule has 10 heteroatoms. The first-order valence-electron chi connectivity index (χ1n) is 7.90. The average Bonchev–Trinajstić information content (AvgIpc) is 2.62. The van der Waals surface area contributed by atoms with Crippen molar-refractivity contribution in [1.29, 1.82) is 0 Å². The van der Waals surface area contributed by atoms with Gasteiger partial charge in [0.05, 0.1) is 5.02 Å². The van der Waals surface area contributed by atoms with Crippen molar-refractivity contribution in [3.05, 3.63) is 91.4 Å². The number of benzene rings is 3. The van der Waals surface area contributed by atoms with E-state index in [1.165, 1.54) is 42.5 Å². The summed E-state index contributed by atoms with van der Waals surface area (Å²) in [5.74, 6) is -1.52. The molecule has 3 aromatic rings. The molecule has 1 unspecified atom stereocenters. The molecule has 0 aromatic heterocycles. The number of halogens is 4. The third-order valence-electron chi connectivity index (χ3n) is 4.41. The van der Waals surface area contributed by atoms with Gasteiger partial charge in [-0.25, -0.2) is 0 Å². The van der Waals surface area contributed by atoms with E-state index in [1.54, 1.807) is 6.07 Å². The van der Waals surface area contributed by atoms with Gasteiger partial charge in [0, 0.05) is 31.8 Å². The highest BCUT2D eigenvalue weighted by atomic mass is 35.5. The highest BCUT2D eigenvalue weighted by Gasteiger charge is 2.53. The van der Waals surface area contributed by atoms with Crippen molar-refractivity contribution in [1.82, 2.24) is 0 Å². The normalized spacial score (nSPS) is 13.8. The van der Waals surface area contributed by atoms with Gasteiger partial charge in [-0.3, -0.25) is 4.55 Å². The number of aromatic hydroxyl groups is 2. The Morgan fingerprint density at radius 2 is 1.38 bits per heavy atom. The Bertz CT molecular complexity index is 1210. The molecule has 0 amide bonds. The van der Waals surface area contributed by atoms with Crippen molar-refractivity contribution in [2.75, 3.05) is 0 Å². The molecule has 0 spiro atoms. The predicted octanol–water partition coefficient (Wildman–Crippen LogP) is 5.89. The van der Waals surface area contributed by atoms with Crippen molar-refractivity contribution in [2.24, 2.45) is 0 Å². The molecule has 0 radical (unpaired) electrons. The standard InChI is InChI=1S/C19H12Cl4O5S/c20-10-5-6-12(15(23)9-10)19(29(26,27)28,11-3-1-2-4-13(11)21)17-14(22)7-8-16(24)18(17)25/h1-9,24-25H,(H,26,27,28). The first-order chi connectivity index (χ1) is 13.5. The number of rotatable bonds is 4. The van der Waals surface area contributed by atoms with E-state index in [9.17, 15) is 23.2 Å². The number of phenols is 2. The second kappa shape index (κ2) is 7.87. The van der Waals surface area contributed by atoms with Crippen molar-refractivity contribution in [3.63, 3.8) is 0 Å². The van der Waals surface area contributed by atoms with Crippen molar-refractivity contribution in [3.8, 4) is 11.5 Å². The number of hydrogen-bond acceptors (Lipinski definition) is 4. The van der Waals surface area contributed by atoms with Gasteiger partial charge in [-0.1, -0.05) is 70.7 Å². The summed E-state index contributed by atoms with van der Waals surface area (Å²) < 4.78 is 34.0. The van der Waals surface area contributed by atoms with Gasteiger partial charge < -0.3 is 10.2 Å². The van der Waals surface area contributed by atoms with Crippen LogP contribution in [0.3, 0.4) is 0 Å². The van der Waals surface area contributed by atoms with E-state index in [0.29, 0.717) is 0 Å². The van der Waals surface area contributed by atoms with Crippen LogP contribution in [0, 0.1) is 0 Å². The Labute approximate surface area is 186 Å². The lowest BCUT2D eigenvalue weighted by atomic mass is 9.83. The van der Waals surface area contributed by atoms with Crippen LogP contribution in [0.1, 0.15) is 16.7 Å². The Kier molecular flexibility index (Phi) is 5.98. The molecule has 152 valence electrons. The Hall–Kier alpha value is -1.67. The van der Waals surface area contributed by atoms with Gasteiger partial charge in [-0.15, -0.1) is 0 Å². The van der Waals surface area contributed by atoms with Gasteiger partial charge in [0.25, 0.3) is 10.1 Å². The Morgan fingerprint density at radius 1 is 0.759 bits per heavy atom. The van der Waals surface area contributed by atoms with Crippen LogP contribution in [0.5, 0.6) is 11.5 Å². The quantitative estimate of drug-likeness (QED) is 0.239. The molecule has 0 aliphatic rings. The molecule has 0 bridgehead atoms. The molecule has 3 N–H and O–H groups in total. The molecule has 1 atom stereocenters. The molecular weight excluding hydrogens is 482 g/mol. The molecule has 0 heterocycles. The monoisotopic (exact) mass is 492 g/mol. The summed E-state index contributed by atoms with van der Waals surface area (Å²) in [7, 11) is -5.17. The average molecular weight is 494 g/mol. The summed E-state index contributed by atoms with van der Waals surface area (Å²) >= 11 is 24.9. The molecule has 0 aliphatic carbocycles. The zero-order valence-corrected chi connectivity index (χ0v) is 18.1. The summed E-state index contributed by atoms with van der Waals surface area (Å²) in [6.45, 7) is 0. The summed E-state index contributed by atoms with van der Waals surface area (Å²) in [6, 6.07) is 11.9. The van der Waals surface area contributed by atoms with Crippen LogP contribution in [0.2, 0.25) is 20.1 Å². The van der Waals surface area contributed by atoms with E-state index in [4.69, 9.17) is 46.4 Å². The third-order valence-corrected chi connectivity index (χ3v) is 7.02. The maximum atomic E-state index is 13.0. The minimum Gasteiger partial charge on any atom is -0.504 e. The fraction of sp³-hybridized carbons (Fsp3) is 0.0526. The molecule has 5 nitrogen and oxygen atoms in total. The summed E-state index contributed by atoms with van der Waals surface area (Å²) in [6.07, 6.45) is 0. The van der Waals surface area contributed by atoms with Crippen LogP contribution in [0.4, 0.5) is 0 Å². The number of hydrogen-bond donors (Lipinski definition) is 3. The zero-order chi connectivity index (χ0) is 21.6. The molecule has 0 fully saturated rings. The van der Waals surface area contributed by atoms with Gasteiger partial charge in [-0.2, -0.15) is 8.42 Å². The first kappa shape index (κ1) is 22.0. The Morgan fingerprint density at radius 3 is 1.97 bits per heavy atom. The molecule has 3 rings (SSSR count). The van der Waals surface area contributed by atoms with Crippen LogP contribution >= 0.6 is 46.4 Å². The second-order valence-corrected chi connectivity index (χ2v) is 9.27. The highest BCUT2D eigenvalue weighted by molar-refractivity contribution is 7.87. The first-order valence-corrected chi connectivity index (χ1v) is 10.9. The molecule has 3 aromatic carbocycles. The lowest BCUT2D eigenvalue weighted by Gasteiger charge is -2.34. The van der Waals surface area contributed by atoms with E-state index in [-0.39, 0.29) is 31.2 Å². The topological polar surface area (TPSA) is 94.8 Å². The van der Waals surface area contributed by atoms with Crippen LogP contribution in [-0.2, 0) is 14.9 Å². The summed E-state index contributed by atoms with van der Waals surface area (Å²) in [5.41, 5.74) is -0.836. The smallest absolute Gasteiger partial charge is 0.283 e. The van der Waals surface area contributed by atoms with E-state index < -0.39 is 31.9 Å². The largest absolute Gasteiger partial charge is 0.504 e. The fourth-order valence-corrected chi connectivity index (χ4v) is 5.90. The number of phenolic OH excluding ortho intramolecular Hbond substituents is 2. The zero-order valence-electron chi connectivity index (χ0n) is 14.3. The van der Waals surface area contributed by atoms with Crippen molar-refractivity contribution < 1.29 is 23.2 Å². The van der Waals surface area contributed by atoms with Gasteiger partial charge in [-0.05, 0) is 30.3 Å². The van der Waals surface area contributed by atoms with Crippen LogP contribution in [0.25, 0.3) is 0 Å². The maximum Gasteiger partial charge on any atom is 0.283 e. The molecule has 29 heavy (non-hydrogen) atoms. The van der Waals surface area contributed by atoms with E-state index in [0.717, 1.165) is 6.07 Å². The minimum absolute atomic E-state index is 0.0602. The summed E-state index contributed by atoms with van der Waals surface area (Å²) in [5, 5.41) is 20.4. The van der Waals surface area contributed by atoms with Crippen LogP contribution < -0.4 is 0 Å². The molecule has 0 saturated heterocycles. The molecule has 0 saturated carbocycles. The van der Waals surface area contributed by atoms with E-state index in [2.05, 4.69) is 0 Å². The highest BCUT2D eigenvalue weighted by Crippen LogP contribution is 2.54. The van der Waals surface area contributed by atoms with Gasteiger partial charge in [0.15, 0.2) is 16.2 Å². The maximum absolute atomic E-state index is 13.0. The van der Waals surface area contributed by atoms with Crippen molar-refractivity contribution in [2.45, 2.75) is 4.75 Å². The minimum atomic E-state index is -5.17. The molecular formula is C19H12Cl4O5S. The third kappa shape index (κ3) is 3.54. The lowest BCUT2D eigenvalue weighted by molar-refractivity contribution is 0.394. The second-order valence-electron chi connectivity index (χ2n) is 6.05. The fourth-order valence-electron chi connectivity index (χ4n) is 3.23. The lowest BCUT2D eigenvalue weighted by Crippen LogP contribution is -2.39. The SMILES string of the molecule is O=S(=O)(O)C(c1ccccc1Cl)(c1ccc(Cl)cc1Cl)c1c(Cl)ccc(O)c1O. The van der Waals surface area contributed by atoms with Gasteiger partial charge in [0.1, 0.15) is 0 Å². The van der Waals surface area contributed by atoms with Gasteiger partial charge >= 0.3 is 0 Å². The summed E-state index contributed by atoms with van der Waals surface area (Å²) in [4.78, 5) is 0. The predicted molar refractivity (Wildman–Crippen MR) is 114 cm³/mol. The van der Waals surface area contributed by atoms with Crippen LogP contribution in [-0.4, -0.2) is 23.2 Å². The van der Waals surface area contributed by atoms with Crippen molar-refractivity contribution >= 4 is 56.5 Å². The Balaban J connectivity index is 2.68. The van der Waals surface area contributed by atoms with E-state index in [1.807, 2.05) is 0 Å². The van der Waals surface area contributed by atoms with E-state index >= 15 is 0 Å².